The molecule has 0 aliphatic heterocycles. The van der Waals surface area contributed by atoms with Crippen LogP contribution in [0.4, 0.5) is 5.69 Å². The highest BCUT2D eigenvalue weighted by atomic mass is 35.5. The van der Waals surface area contributed by atoms with Gasteiger partial charge < -0.3 is 10.1 Å². The zero-order valence-corrected chi connectivity index (χ0v) is 13.0. The van der Waals surface area contributed by atoms with E-state index in [0.29, 0.717) is 37.9 Å². The van der Waals surface area contributed by atoms with E-state index >= 15 is 0 Å². The van der Waals surface area contributed by atoms with Crippen molar-refractivity contribution >= 4 is 17.3 Å². The highest BCUT2D eigenvalue weighted by Crippen LogP contribution is 2.15. The second-order valence-corrected chi connectivity index (χ2v) is 5.57. The molecule has 1 aromatic rings. The van der Waals surface area contributed by atoms with Crippen LogP contribution in [0.5, 0.6) is 0 Å². The molecule has 0 aliphatic carbocycles. The van der Waals surface area contributed by atoms with Gasteiger partial charge in [0.1, 0.15) is 5.02 Å². The van der Waals surface area contributed by atoms with Crippen LogP contribution in [0.3, 0.4) is 0 Å². The first kappa shape index (κ1) is 16.7. The highest BCUT2D eigenvalue weighted by Gasteiger charge is 2.09. The largest absolute Gasteiger partial charge is 0.380 e. The Bertz CT molecular complexity index is 512. The van der Waals surface area contributed by atoms with Crippen LogP contribution in [0.1, 0.15) is 20.8 Å². The summed E-state index contributed by atoms with van der Waals surface area (Å²) in [5, 5.41) is 7.32. The molecule has 0 bridgehead atoms. The van der Waals surface area contributed by atoms with Crippen molar-refractivity contribution in [3.63, 3.8) is 0 Å². The monoisotopic (exact) mass is 299 g/mol. The lowest BCUT2D eigenvalue weighted by Crippen LogP contribution is -2.26. The first-order chi connectivity index (χ1) is 9.41. The minimum atomic E-state index is -0.270. The van der Waals surface area contributed by atoms with E-state index < -0.39 is 0 Å². The predicted molar refractivity (Wildman–Crippen MR) is 82.5 cm³/mol. The summed E-state index contributed by atoms with van der Waals surface area (Å²) >= 11 is 6.05. The van der Waals surface area contributed by atoms with Crippen molar-refractivity contribution in [3.8, 4) is 0 Å². The Kier molecular flexibility index (Phi) is 6.75. The lowest BCUT2D eigenvalue weighted by molar-refractivity contribution is 0.167. The second-order valence-electron chi connectivity index (χ2n) is 5.19. The van der Waals surface area contributed by atoms with Gasteiger partial charge in [-0.3, -0.25) is 4.79 Å². The molecule has 0 unspecified atom stereocenters. The van der Waals surface area contributed by atoms with E-state index in [1.54, 1.807) is 6.20 Å². The molecule has 112 valence electrons. The molecule has 6 heteroatoms. The maximum Gasteiger partial charge on any atom is 0.287 e. The van der Waals surface area contributed by atoms with Gasteiger partial charge in [-0.2, -0.15) is 5.10 Å². The number of halogens is 1. The van der Waals surface area contributed by atoms with Gasteiger partial charge in [0.15, 0.2) is 0 Å². The van der Waals surface area contributed by atoms with E-state index in [0.717, 1.165) is 5.57 Å². The molecular weight excluding hydrogens is 278 g/mol. The SMILES string of the molecule is C=C(C)COCCNc1cnn(CC(C)C)c(=O)c1Cl. The minimum absolute atomic E-state index is 0.167. The van der Waals surface area contributed by atoms with Gasteiger partial charge in [0.25, 0.3) is 5.56 Å². The molecule has 0 atom stereocenters. The lowest BCUT2D eigenvalue weighted by atomic mass is 10.2. The molecule has 0 aromatic carbocycles. The van der Waals surface area contributed by atoms with Crippen LogP contribution in [-0.4, -0.2) is 29.5 Å². The molecule has 5 nitrogen and oxygen atoms in total. The number of nitrogens with zero attached hydrogens (tertiary/aromatic N) is 2. The molecule has 0 spiro atoms. The number of hydrogen-bond acceptors (Lipinski definition) is 4. The third kappa shape index (κ3) is 5.35. The van der Waals surface area contributed by atoms with Crippen molar-refractivity contribution in [2.45, 2.75) is 27.3 Å². The Labute approximate surface area is 124 Å². The zero-order chi connectivity index (χ0) is 15.1. The smallest absolute Gasteiger partial charge is 0.287 e. The molecule has 0 saturated carbocycles. The number of anilines is 1. The third-order valence-electron chi connectivity index (χ3n) is 2.43. The summed E-state index contributed by atoms with van der Waals surface area (Å²) in [5.41, 5.74) is 1.24. The van der Waals surface area contributed by atoms with Gasteiger partial charge in [0.05, 0.1) is 25.1 Å². The summed E-state index contributed by atoms with van der Waals surface area (Å²) in [7, 11) is 0. The maximum atomic E-state index is 12.0. The van der Waals surface area contributed by atoms with Gasteiger partial charge in [-0.1, -0.05) is 37.6 Å². The molecule has 0 saturated heterocycles. The standard InChI is InChI=1S/C14H22ClN3O2/c1-10(2)8-18-14(19)13(15)12(7-17-18)16-5-6-20-9-11(3)4/h7,10,16H,3,5-6,8-9H2,1-2,4H3. The normalized spacial score (nSPS) is 10.8. The van der Waals surface area contributed by atoms with Crippen molar-refractivity contribution in [2.75, 3.05) is 25.1 Å². The molecule has 0 amide bonds. The van der Waals surface area contributed by atoms with E-state index in [9.17, 15) is 4.79 Å². The van der Waals surface area contributed by atoms with Crippen LogP contribution < -0.4 is 10.9 Å². The molecule has 1 rings (SSSR count). The first-order valence-electron chi connectivity index (χ1n) is 6.63. The molecule has 0 aliphatic rings. The molecule has 1 aromatic heterocycles. The minimum Gasteiger partial charge on any atom is -0.380 e. The summed E-state index contributed by atoms with van der Waals surface area (Å²) in [6.07, 6.45) is 1.57. The fourth-order valence-corrected chi connectivity index (χ4v) is 1.78. The van der Waals surface area contributed by atoms with E-state index in [1.807, 2.05) is 20.8 Å². The van der Waals surface area contributed by atoms with Crippen LogP contribution in [0.25, 0.3) is 0 Å². The second kappa shape index (κ2) is 8.07. The Balaban J connectivity index is 2.57. The van der Waals surface area contributed by atoms with Crippen molar-refractivity contribution in [1.82, 2.24) is 9.78 Å². The average Bonchev–Trinajstić information content (AvgIpc) is 2.36. The van der Waals surface area contributed by atoms with Crippen molar-refractivity contribution < 1.29 is 4.74 Å². The van der Waals surface area contributed by atoms with Crippen LogP contribution in [0.2, 0.25) is 5.02 Å². The summed E-state index contributed by atoms with van der Waals surface area (Å²) in [6, 6.07) is 0. The molecular formula is C14H22ClN3O2. The van der Waals surface area contributed by atoms with E-state index in [-0.39, 0.29) is 10.6 Å². The Morgan fingerprint density at radius 1 is 1.60 bits per heavy atom. The van der Waals surface area contributed by atoms with Crippen LogP contribution in [0.15, 0.2) is 23.1 Å². The average molecular weight is 300 g/mol. The van der Waals surface area contributed by atoms with Crippen LogP contribution in [-0.2, 0) is 11.3 Å². The number of nitrogens with one attached hydrogen (secondary N) is 1. The first-order valence-corrected chi connectivity index (χ1v) is 7.01. The van der Waals surface area contributed by atoms with Crippen molar-refractivity contribution in [2.24, 2.45) is 5.92 Å². The fraction of sp³-hybridized carbons (Fsp3) is 0.571. The summed E-state index contributed by atoms with van der Waals surface area (Å²) in [4.78, 5) is 12.0. The third-order valence-corrected chi connectivity index (χ3v) is 2.80. The molecule has 1 heterocycles. The number of ether oxygens (including phenoxy) is 1. The van der Waals surface area contributed by atoms with Crippen molar-refractivity contribution in [3.05, 3.63) is 33.7 Å². The quantitative estimate of drug-likeness (QED) is 0.592. The van der Waals surface area contributed by atoms with E-state index in [1.165, 1.54) is 4.68 Å². The van der Waals surface area contributed by atoms with Crippen LogP contribution >= 0.6 is 11.6 Å². The highest BCUT2D eigenvalue weighted by molar-refractivity contribution is 6.32. The zero-order valence-electron chi connectivity index (χ0n) is 12.3. The van der Waals surface area contributed by atoms with Crippen LogP contribution in [0, 0.1) is 5.92 Å². The van der Waals surface area contributed by atoms with E-state index in [2.05, 4.69) is 17.0 Å². The Morgan fingerprint density at radius 3 is 2.90 bits per heavy atom. The summed E-state index contributed by atoms with van der Waals surface area (Å²) in [5.74, 6) is 0.339. The van der Waals surface area contributed by atoms with Gasteiger partial charge in [-0.05, 0) is 12.8 Å². The lowest BCUT2D eigenvalue weighted by Gasteiger charge is -2.11. The molecule has 20 heavy (non-hydrogen) atoms. The van der Waals surface area contributed by atoms with Crippen molar-refractivity contribution in [1.29, 1.82) is 0 Å². The topological polar surface area (TPSA) is 56.1 Å². The van der Waals surface area contributed by atoms with Gasteiger partial charge in [-0.25, -0.2) is 4.68 Å². The van der Waals surface area contributed by atoms with Gasteiger partial charge in [0, 0.05) is 13.1 Å². The van der Waals surface area contributed by atoms with Gasteiger partial charge >= 0.3 is 0 Å². The maximum absolute atomic E-state index is 12.0. The van der Waals surface area contributed by atoms with Gasteiger partial charge in [0.2, 0.25) is 0 Å². The Hall–Kier alpha value is -1.33. The molecule has 0 fully saturated rings. The summed E-state index contributed by atoms with van der Waals surface area (Å²) < 4.78 is 6.74. The number of aromatic nitrogens is 2. The summed E-state index contributed by atoms with van der Waals surface area (Å²) in [6.45, 7) is 11.9. The number of hydrogen-bond donors (Lipinski definition) is 1. The molecule has 1 N–H and O–H groups in total. The number of rotatable bonds is 8. The fourth-order valence-electron chi connectivity index (χ4n) is 1.57. The van der Waals surface area contributed by atoms with Gasteiger partial charge in [-0.15, -0.1) is 0 Å². The predicted octanol–water partition coefficient (Wildman–Crippen LogP) is 2.56. The molecule has 0 radical (unpaired) electrons. The van der Waals surface area contributed by atoms with E-state index in [4.69, 9.17) is 16.3 Å². The Morgan fingerprint density at radius 2 is 2.30 bits per heavy atom.